The molecule has 0 aromatic heterocycles. The number of anilines is 1. The van der Waals surface area contributed by atoms with Crippen LogP contribution in [0, 0.1) is 5.82 Å². The number of carboxylic acids is 1. The number of hydrogen-bond acceptors (Lipinski definition) is 6. The highest BCUT2D eigenvalue weighted by Gasteiger charge is 2.54. The first-order chi connectivity index (χ1) is 12.4. The summed E-state index contributed by atoms with van der Waals surface area (Å²) in [6, 6.07) is 4.49. The number of nitrogens with zero attached hydrogens (tertiary/aromatic N) is 5. The summed E-state index contributed by atoms with van der Waals surface area (Å²) in [6.07, 6.45) is -0.710. The number of rotatable bonds is 3. The van der Waals surface area contributed by atoms with Crippen LogP contribution in [0.2, 0.25) is 0 Å². The number of aliphatic carboxylic acids is 1. The molecular weight excluding hydrogens is 345 g/mol. The predicted molar refractivity (Wildman–Crippen MR) is 88.0 cm³/mol. The molecule has 1 aromatic rings. The van der Waals surface area contributed by atoms with Crippen molar-refractivity contribution < 1.29 is 23.9 Å². The number of guanidine groups is 1. The average molecular weight is 361 g/mol. The third-order valence-electron chi connectivity index (χ3n) is 4.81. The molecule has 26 heavy (non-hydrogen) atoms. The molecule has 0 aliphatic carbocycles. The molecule has 0 saturated carbocycles. The Hall–Kier alpha value is -3.17. The lowest BCUT2D eigenvalue weighted by atomic mass is 10.1. The van der Waals surface area contributed by atoms with Crippen molar-refractivity contribution in [2.24, 2.45) is 4.99 Å². The second kappa shape index (κ2) is 5.68. The summed E-state index contributed by atoms with van der Waals surface area (Å²) in [7, 11) is 1.50. The molecular formula is C16H16FN5O4. The zero-order valence-corrected chi connectivity index (χ0v) is 13.9. The van der Waals surface area contributed by atoms with Crippen molar-refractivity contribution in [3.05, 3.63) is 30.1 Å². The number of urea groups is 1. The SMILES string of the molecule is CN1C(=O)N(CC(=O)O)C(=O)C2C1N=C1N(c3ccc(F)cc3)CCN12. The van der Waals surface area contributed by atoms with E-state index in [1.165, 1.54) is 24.1 Å². The van der Waals surface area contributed by atoms with Crippen LogP contribution in [0.5, 0.6) is 0 Å². The van der Waals surface area contributed by atoms with Gasteiger partial charge in [0, 0.05) is 25.8 Å². The summed E-state index contributed by atoms with van der Waals surface area (Å²) in [5.74, 6) is -1.65. The zero-order chi connectivity index (χ0) is 18.6. The number of halogens is 1. The van der Waals surface area contributed by atoms with Crippen molar-refractivity contribution >= 4 is 29.6 Å². The van der Waals surface area contributed by atoms with Gasteiger partial charge in [-0.15, -0.1) is 0 Å². The van der Waals surface area contributed by atoms with Gasteiger partial charge in [0.05, 0.1) is 0 Å². The molecule has 0 spiro atoms. The molecule has 3 heterocycles. The van der Waals surface area contributed by atoms with Gasteiger partial charge in [0.25, 0.3) is 5.91 Å². The number of carboxylic acid groups (broad SMARTS) is 1. The number of carbonyl (C=O) groups excluding carboxylic acids is 2. The summed E-state index contributed by atoms with van der Waals surface area (Å²) in [6.45, 7) is 0.361. The predicted octanol–water partition coefficient (Wildman–Crippen LogP) is -0.00940. The maximum Gasteiger partial charge on any atom is 0.328 e. The van der Waals surface area contributed by atoms with Gasteiger partial charge in [-0.2, -0.15) is 0 Å². The van der Waals surface area contributed by atoms with Crippen LogP contribution in [0.1, 0.15) is 0 Å². The van der Waals surface area contributed by atoms with E-state index in [9.17, 15) is 18.8 Å². The maximum absolute atomic E-state index is 13.2. The standard InChI is InChI=1S/C16H16FN5O4/c1-19-13-12(14(25)22(16(19)26)8-11(23)24)21-7-6-20(15(21)18-13)10-4-2-9(17)3-5-10/h2-5,12-13H,6-8H2,1H3,(H,23,24). The van der Waals surface area contributed by atoms with Gasteiger partial charge in [0.1, 0.15) is 12.4 Å². The molecule has 3 aliphatic rings. The molecule has 1 aromatic carbocycles. The Kier molecular flexibility index (Phi) is 3.56. The number of fused-ring (bicyclic) bond motifs is 3. The van der Waals surface area contributed by atoms with Crippen molar-refractivity contribution in [1.82, 2.24) is 14.7 Å². The van der Waals surface area contributed by atoms with Crippen LogP contribution in [-0.4, -0.2) is 82.6 Å². The number of likely N-dealkylation sites (N-methyl/N-ethyl adjacent to an activating group) is 1. The van der Waals surface area contributed by atoms with Crippen LogP contribution in [0.3, 0.4) is 0 Å². The van der Waals surface area contributed by atoms with Crippen LogP contribution in [-0.2, 0) is 9.59 Å². The largest absolute Gasteiger partial charge is 0.480 e. The summed E-state index contributed by atoms with van der Waals surface area (Å²) in [5, 5.41) is 8.98. The summed E-state index contributed by atoms with van der Waals surface area (Å²) in [4.78, 5) is 46.3. The first-order valence-corrected chi connectivity index (χ1v) is 8.06. The van der Waals surface area contributed by atoms with E-state index < -0.39 is 36.7 Å². The molecule has 0 bridgehead atoms. The van der Waals surface area contributed by atoms with Crippen LogP contribution >= 0.6 is 0 Å². The Bertz CT molecular complexity index is 826. The third-order valence-corrected chi connectivity index (χ3v) is 4.81. The molecule has 136 valence electrons. The monoisotopic (exact) mass is 361 g/mol. The minimum absolute atomic E-state index is 0.350. The summed E-state index contributed by atoms with van der Waals surface area (Å²) >= 11 is 0. The van der Waals surface area contributed by atoms with Gasteiger partial charge in [-0.25, -0.2) is 14.2 Å². The Morgan fingerprint density at radius 3 is 2.62 bits per heavy atom. The van der Waals surface area contributed by atoms with E-state index in [1.807, 2.05) is 4.90 Å². The van der Waals surface area contributed by atoms with Crippen molar-refractivity contribution in [3.8, 4) is 0 Å². The Balaban J connectivity index is 1.66. The van der Waals surface area contributed by atoms with Gasteiger partial charge >= 0.3 is 12.0 Å². The zero-order valence-electron chi connectivity index (χ0n) is 13.9. The number of carbonyl (C=O) groups is 3. The highest BCUT2D eigenvalue weighted by Crippen LogP contribution is 2.33. The minimum Gasteiger partial charge on any atom is -0.480 e. The molecule has 0 radical (unpaired) electrons. The first-order valence-electron chi connectivity index (χ1n) is 8.06. The number of hydrogen-bond donors (Lipinski definition) is 1. The van der Waals surface area contributed by atoms with E-state index in [0.717, 1.165) is 10.6 Å². The lowest BCUT2D eigenvalue weighted by Crippen LogP contribution is -2.65. The van der Waals surface area contributed by atoms with Crippen LogP contribution in [0.4, 0.5) is 14.9 Å². The van der Waals surface area contributed by atoms with Crippen molar-refractivity contribution in [2.75, 3.05) is 31.6 Å². The molecule has 9 nitrogen and oxygen atoms in total. The number of amides is 3. The molecule has 2 atom stereocenters. The fourth-order valence-corrected chi connectivity index (χ4v) is 3.58. The highest BCUT2D eigenvalue weighted by molar-refractivity contribution is 6.08. The van der Waals surface area contributed by atoms with E-state index in [2.05, 4.69) is 4.99 Å². The Labute approximate surface area is 147 Å². The number of imide groups is 1. The summed E-state index contributed by atoms with van der Waals surface area (Å²) in [5.41, 5.74) is 0.732. The van der Waals surface area contributed by atoms with Crippen LogP contribution in [0.25, 0.3) is 0 Å². The van der Waals surface area contributed by atoms with Crippen LogP contribution in [0.15, 0.2) is 29.3 Å². The quantitative estimate of drug-likeness (QED) is 0.814. The highest BCUT2D eigenvalue weighted by atomic mass is 19.1. The van der Waals surface area contributed by atoms with E-state index in [-0.39, 0.29) is 5.82 Å². The number of benzene rings is 1. The summed E-state index contributed by atoms with van der Waals surface area (Å²) < 4.78 is 13.2. The molecule has 2 unspecified atom stereocenters. The van der Waals surface area contributed by atoms with Gasteiger partial charge in [-0.1, -0.05) is 0 Å². The lowest BCUT2D eigenvalue weighted by molar-refractivity contribution is -0.146. The molecule has 4 rings (SSSR count). The van der Waals surface area contributed by atoms with E-state index in [4.69, 9.17) is 5.11 Å². The van der Waals surface area contributed by atoms with E-state index in [1.54, 1.807) is 17.0 Å². The lowest BCUT2D eigenvalue weighted by Gasteiger charge is -2.39. The number of aliphatic imine (C=N–C) groups is 1. The molecule has 2 saturated heterocycles. The van der Waals surface area contributed by atoms with Gasteiger partial charge < -0.3 is 19.8 Å². The van der Waals surface area contributed by atoms with Crippen molar-refractivity contribution in [1.29, 1.82) is 0 Å². The van der Waals surface area contributed by atoms with Crippen molar-refractivity contribution in [2.45, 2.75) is 12.2 Å². The third kappa shape index (κ3) is 2.29. The van der Waals surface area contributed by atoms with E-state index in [0.29, 0.717) is 19.0 Å². The van der Waals surface area contributed by atoms with Gasteiger partial charge in [-0.05, 0) is 24.3 Å². The molecule has 3 amide bonds. The fourth-order valence-electron chi connectivity index (χ4n) is 3.58. The van der Waals surface area contributed by atoms with E-state index >= 15 is 0 Å². The van der Waals surface area contributed by atoms with Gasteiger partial charge in [0.15, 0.2) is 12.2 Å². The second-order valence-corrected chi connectivity index (χ2v) is 6.32. The normalized spacial score (nSPS) is 24.8. The Morgan fingerprint density at radius 2 is 1.96 bits per heavy atom. The Morgan fingerprint density at radius 1 is 1.27 bits per heavy atom. The average Bonchev–Trinajstić information content (AvgIpc) is 3.16. The smallest absolute Gasteiger partial charge is 0.328 e. The van der Waals surface area contributed by atoms with Gasteiger partial charge in [-0.3, -0.25) is 14.5 Å². The second-order valence-electron chi connectivity index (χ2n) is 6.32. The first kappa shape index (κ1) is 16.3. The minimum atomic E-state index is -1.26. The molecule has 2 fully saturated rings. The maximum atomic E-state index is 13.2. The fraction of sp³-hybridized carbons (Fsp3) is 0.375. The molecule has 3 aliphatic heterocycles. The molecule has 1 N–H and O–H groups in total. The van der Waals surface area contributed by atoms with Crippen LogP contribution < -0.4 is 4.90 Å². The van der Waals surface area contributed by atoms with Gasteiger partial charge in [0.2, 0.25) is 5.96 Å². The molecule has 10 heteroatoms. The van der Waals surface area contributed by atoms with Crippen molar-refractivity contribution in [3.63, 3.8) is 0 Å². The topological polar surface area (TPSA) is 96.8 Å².